The number of nitrogens with zero attached hydrogens (tertiary/aromatic N) is 4. The Balaban J connectivity index is 2.25. The molecular formula is C28H32ClF2N5O. The molecule has 6 nitrogen and oxygen atoms in total. The zero-order chi connectivity index (χ0) is 27.4. The van der Waals surface area contributed by atoms with E-state index in [4.69, 9.17) is 16.3 Å². The van der Waals surface area contributed by atoms with Gasteiger partial charge in [-0.25, -0.2) is 18.7 Å². The predicted octanol–water partition coefficient (Wildman–Crippen LogP) is 7.35. The van der Waals surface area contributed by atoms with Crippen LogP contribution in [-0.4, -0.2) is 21.2 Å². The normalized spacial score (nSPS) is 13.8. The fourth-order valence-electron chi connectivity index (χ4n) is 3.16. The molecule has 0 aromatic carbocycles. The summed E-state index contributed by atoms with van der Waals surface area (Å²) in [6.07, 6.45) is 11.1. The van der Waals surface area contributed by atoms with Crippen LogP contribution in [0, 0.1) is 11.6 Å². The number of halogens is 3. The molecule has 2 rings (SSSR count). The summed E-state index contributed by atoms with van der Waals surface area (Å²) in [6.45, 7) is 15.2. The van der Waals surface area contributed by atoms with E-state index in [0.717, 1.165) is 30.9 Å². The van der Waals surface area contributed by atoms with E-state index in [-0.39, 0.29) is 29.0 Å². The van der Waals surface area contributed by atoms with Crippen LogP contribution in [-0.2, 0) is 11.3 Å². The highest BCUT2D eigenvalue weighted by Crippen LogP contribution is 2.21. The van der Waals surface area contributed by atoms with Crippen molar-refractivity contribution in [3.05, 3.63) is 107 Å². The van der Waals surface area contributed by atoms with E-state index in [1.807, 2.05) is 6.92 Å². The second kappa shape index (κ2) is 14.8. The van der Waals surface area contributed by atoms with Gasteiger partial charge < -0.3 is 10.1 Å². The lowest BCUT2D eigenvalue weighted by Crippen LogP contribution is -2.04. The minimum absolute atomic E-state index is 0.0536. The summed E-state index contributed by atoms with van der Waals surface area (Å²) in [4.78, 5) is 17.1. The zero-order valence-electron chi connectivity index (χ0n) is 21.6. The van der Waals surface area contributed by atoms with Gasteiger partial charge in [0.15, 0.2) is 5.82 Å². The summed E-state index contributed by atoms with van der Waals surface area (Å²) < 4.78 is 32.9. The Hall–Kier alpha value is -3.65. The molecule has 1 atom stereocenters. The third kappa shape index (κ3) is 9.73. The van der Waals surface area contributed by atoms with E-state index in [2.05, 4.69) is 52.3 Å². The fourth-order valence-corrected chi connectivity index (χ4v) is 3.44. The molecule has 1 unspecified atom stereocenters. The minimum atomic E-state index is -0.810. The molecule has 196 valence electrons. The van der Waals surface area contributed by atoms with E-state index in [9.17, 15) is 8.78 Å². The molecule has 0 saturated carbocycles. The Kier molecular flexibility index (Phi) is 11.8. The Morgan fingerprint density at radius 3 is 2.70 bits per heavy atom. The van der Waals surface area contributed by atoms with Crippen molar-refractivity contribution in [3.63, 3.8) is 0 Å². The van der Waals surface area contributed by atoms with Gasteiger partial charge in [-0.05, 0) is 44.2 Å². The van der Waals surface area contributed by atoms with Gasteiger partial charge in [0.1, 0.15) is 29.7 Å². The summed E-state index contributed by atoms with van der Waals surface area (Å²) >= 11 is 6.54. The maximum atomic E-state index is 14.0. The monoisotopic (exact) mass is 527 g/mol. The first-order valence-corrected chi connectivity index (χ1v) is 12.1. The molecule has 0 aliphatic carbocycles. The van der Waals surface area contributed by atoms with Crippen molar-refractivity contribution in [2.24, 2.45) is 4.99 Å². The Morgan fingerprint density at radius 2 is 2.03 bits per heavy atom. The molecule has 37 heavy (non-hydrogen) atoms. The largest absolute Gasteiger partial charge is 0.486 e. The highest BCUT2D eigenvalue weighted by atomic mass is 35.5. The number of hydrogen-bond donors (Lipinski definition) is 1. The van der Waals surface area contributed by atoms with Crippen molar-refractivity contribution in [2.75, 3.05) is 0 Å². The smallest absolute Gasteiger partial charge is 0.151 e. The number of pyridine rings is 1. The summed E-state index contributed by atoms with van der Waals surface area (Å²) in [5.41, 5.74) is 2.46. The van der Waals surface area contributed by atoms with Crippen LogP contribution >= 0.6 is 11.6 Å². The number of hydrogen-bond acceptors (Lipinski definition) is 6. The van der Waals surface area contributed by atoms with Gasteiger partial charge in [-0.3, -0.25) is 9.98 Å². The third-order valence-corrected chi connectivity index (χ3v) is 5.37. The van der Waals surface area contributed by atoms with Gasteiger partial charge in [0.2, 0.25) is 0 Å². The lowest BCUT2D eigenvalue weighted by molar-refractivity contribution is 0.201. The summed E-state index contributed by atoms with van der Waals surface area (Å²) in [5.74, 6) is -0.325. The van der Waals surface area contributed by atoms with Crippen molar-refractivity contribution in [3.8, 4) is 0 Å². The molecule has 0 bridgehead atoms. The quantitative estimate of drug-likeness (QED) is 0.167. The van der Waals surface area contributed by atoms with Gasteiger partial charge >= 0.3 is 0 Å². The van der Waals surface area contributed by atoms with Crippen molar-refractivity contribution in [2.45, 2.75) is 53.1 Å². The molecule has 0 amide bonds. The van der Waals surface area contributed by atoms with Gasteiger partial charge in [-0.15, -0.1) is 0 Å². The van der Waals surface area contributed by atoms with Crippen LogP contribution in [0.15, 0.2) is 83.1 Å². The molecule has 2 aromatic rings. The molecule has 0 aliphatic heterocycles. The Labute approximate surface area is 222 Å². The highest BCUT2D eigenvalue weighted by Gasteiger charge is 2.11. The van der Waals surface area contributed by atoms with Gasteiger partial charge in [-0.1, -0.05) is 45.0 Å². The number of aliphatic imine (C=N–C) groups is 1. The molecule has 0 saturated heterocycles. The lowest BCUT2D eigenvalue weighted by Gasteiger charge is -2.11. The SMILES string of the molecule is C=CN\C(C)=C/C(OCc1ncc(F)cc1F)=C(Cl)\C=C(/C)C=NC(=C)c1ccnc(C(C)CCC)n1. The highest BCUT2D eigenvalue weighted by molar-refractivity contribution is 6.31. The third-order valence-electron chi connectivity index (χ3n) is 5.07. The van der Waals surface area contributed by atoms with E-state index in [1.54, 1.807) is 37.6 Å². The zero-order valence-corrected chi connectivity index (χ0v) is 22.3. The predicted molar refractivity (Wildman–Crippen MR) is 146 cm³/mol. The van der Waals surface area contributed by atoms with E-state index in [1.165, 1.54) is 6.20 Å². The van der Waals surface area contributed by atoms with Crippen LogP contribution in [0.2, 0.25) is 0 Å². The average molecular weight is 528 g/mol. The molecule has 2 aromatic heterocycles. The number of aromatic nitrogens is 3. The van der Waals surface area contributed by atoms with Gasteiger partial charge in [-0.2, -0.15) is 0 Å². The number of ether oxygens (including phenoxy) is 1. The number of rotatable bonds is 13. The van der Waals surface area contributed by atoms with Gasteiger partial charge in [0.05, 0.1) is 22.6 Å². The first-order chi connectivity index (χ1) is 17.6. The van der Waals surface area contributed by atoms with Crippen LogP contribution in [0.3, 0.4) is 0 Å². The molecule has 1 N–H and O–H groups in total. The van der Waals surface area contributed by atoms with Crippen LogP contribution in [0.25, 0.3) is 5.70 Å². The van der Waals surface area contributed by atoms with Crippen LogP contribution in [0.1, 0.15) is 63.7 Å². The summed E-state index contributed by atoms with van der Waals surface area (Å²) in [6, 6.07) is 2.51. The second-order valence-electron chi connectivity index (χ2n) is 8.34. The van der Waals surface area contributed by atoms with Gasteiger partial charge in [0, 0.05) is 36.2 Å². The molecule has 2 heterocycles. The first-order valence-electron chi connectivity index (χ1n) is 11.8. The van der Waals surface area contributed by atoms with E-state index >= 15 is 0 Å². The first kappa shape index (κ1) is 29.6. The molecular weight excluding hydrogens is 496 g/mol. The lowest BCUT2D eigenvalue weighted by atomic mass is 10.1. The molecule has 0 aliphatic rings. The van der Waals surface area contributed by atoms with E-state index < -0.39 is 11.6 Å². The summed E-state index contributed by atoms with van der Waals surface area (Å²) in [5, 5.41) is 3.16. The van der Waals surface area contributed by atoms with Crippen molar-refractivity contribution in [1.29, 1.82) is 0 Å². The van der Waals surface area contributed by atoms with Crippen LogP contribution < -0.4 is 5.32 Å². The maximum Gasteiger partial charge on any atom is 0.151 e. The van der Waals surface area contributed by atoms with E-state index in [0.29, 0.717) is 22.7 Å². The number of allylic oxidation sites excluding steroid dienone is 5. The summed E-state index contributed by atoms with van der Waals surface area (Å²) in [7, 11) is 0. The molecule has 0 fully saturated rings. The Bertz CT molecular complexity index is 1240. The van der Waals surface area contributed by atoms with Crippen molar-refractivity contribution in [1.82, 2.24) is 20.3 Å². The minimum Gasteiger partial charge on any atom is -0.486 e. The fraction of sp³-hybridized carbons (Fsp3) is 0.286. The molecule has 9 heteroatoms. The van der Waals surface area contributed by atoms with Crippen LogP contribution in [0.4, 0.5) is 8.78 Å². The Morgan fingerprint density at radius 1 is 1.27 bits per heavy atom. The van der Waals surface area contributed by atoms with Crippen LogP contribution in [0.5, 0.6) is 0 Å². The maximum absolute atomic E-state index is 14.0. The average Bonchev–Trinajstić information content (AvgIpc) is 2.86. The van der Waals surface area contributed by atoms with Crippen molar-refractivity contribution < 1.29 is 13.5 Å². The number of nitrogens with one attached hydrogen (secondary N) is 1. The molecule has 0 radical (unpaired) electrons. The second-order valence-corrected chi connectivity index (χ2v) is 8.75. The van der Waals surface area contributed by atoms with Gasteiger partial charge in [0.25, 0.3) is 0 Å². The standard InChI is InChI=1S/C28H32ClF2N5O/c1-7-9-19(4)28-33-11-10-25(36-28)21(6)34-15-18(3)12-23(29)27(13-20(5)32-8-2)37-17-26-24(31)14-22(30)16-35-26/h8,10-16,19,32H,2,6-7,9,17H2,1,3-5H3/b18-12+,20-13-,27-23-,34-15?. The molecule has 0 spiro atoms. The van der Waals surface area contributed by atoms with Crippen molar-refractivity contribution >= 4 is 23.5 Å². The topological polar surface area (TPSA) is 72.3 Å².